The Labute approximate surface area is 545 Å². The van der Waals surface area contributed by atoms with Crippen LogP contribution in [0.2, 0.25) is 0 Å². The molecule has 0 aromatic rings. The Morgan fingerprint density at radius 2 is 0.978 bits per heavy atom. The Hall–Kier alpha value is -5.30. The van der Waals surface area contributed by atoms with E-state index in [4.69, 9.17) is 47.4 Å². The zero-order valence-electron chi connectivity index (χ0n) is 58.9. The van der Waals surface area contributed by atoms with Gasteiger partial charge in [0.05, 0.1) is 56.2 Å². The molecule has 7 aliphatic carbocycles. The van der Waals surface area contributed by atoms with Crippen LogP contribution in [-0.2, 0) is 95.3 Å². The minimum Gasteiger partial charge on any atom is -0.458 e. The van der Waals surface area contributed by atoms with E-state index in [1.807, 2.05) is 125 Å². The molecule has 20 heteroatoms. The molecule has 518 valence electrons. The summed E-state index contributed by atoms with van der Waals surface area (Å²) < 4.78 is 55.3. The van der Waals surface area contributed by atoms with Crippen LogP contribution in [0.5, 0.6) is 0 Å². The summed E-state index contributed by atoms with van der Waals surface area (Å²) >= 11 is 0. The third-order valence-corrected chi connectivity index (χ3v) is 24.8. The van der Waals surface area contributed by atoms with Gasteiger partial charge >= 0.3 is 59.7 Å². The fraction of sp³-hybridized carbons (Fsp3) is 0.861. The Morgan fingerprint density at radius 3 is 1.54 bits per heavy atom. The van der Waals surface area contributed by atoms with Gasteiger partial charge in [-0.05, 0) is 185 Å². The molecule has 12 fully saturated rings. The number of carbonyl (C=O) groups is 10. The molecule has 20 nitrogen and oxygen atoms in total. The predicted octanol–water partition coefficient (Wildman–Crippen LogP) is 11.8. The molecule has 19 unspecified atom stereocenters. The van der Waals surface area contributed by atoms with Crippen LogP contribution in [0.4, 0.5) is 0 Å². The summed E-state index contributed by atoms with van der Waals surface area (Å²) in [6.07, 6.45) is 10.9. The Morgan fingerprint density at radius 1 is 0.478 bits per heavy atom. The maximum Gasteiger partial charge on any atom is 0.312 e. The summed E-state index contributed by atoms with van der Waals surface area (Å²) in [5, 5.41) is 0. The number of esters is 10. The van der Waals surface area contributed by atoms with Crippen LogP contribution >= 0.6 is 0 Å². The van der Waals surface area contributed by atoms with E-state index in [2.05, 4.69) is 13.8 Å². The molecule has 0 N–H and O–H groups in total. The summed E-state index contributed by atoms with van der Waals surface area (Å²) in [5.41, 5.74) is -3.97. The van der Waals surface area contributed by atoms with Gasteiger partial charge in [-0.2, -0.15) is 0 Å². The second-order valence-electron chi connectivity index (χ2n) is 33.3. The molecular weight excluding hydrogens is 1180 g/mol. The van der Waals surface area contributed by atoms with E-state index in [9.17, 15) is 47.9 Å². The fourth-order valence-corrected chi connectivity index (χ4v) is 15.4. The van der Waals surface area contributed by atoms with Crippen molar-refractivity contribution in [1.29, 1.82) is 0 Å². The molecule has 0 amide bonds. The number of rotatable bonds is 15. The van der Waals surface area contributed by atoms with Crippen LogP contribution in [-0.4, -0.2) is 120 Å². The molecule has 0 radical (unpaired) electrons. The molecule has 0 aromatic carbocycles. The normalized spacial score (nSPS) is 37.6. The van der Waals surface area contributed by atoms with E-state index in [0.29, 0.717) is 25.7 Å². The molecule has 7 saturated carbocycles. The number of hydrogen-bond donors (Lipinski definition) is 0. The van der Waals surface area contributed by atoms with Crippen molar-refractivity contribution in [2.45, 2.75) is 308 Å². The van der Waals surface area contributed by atoms with E-state index < -0.39 is 38.3 Å². The highest BCUT2D eigenvalue weighted by Crippen LogP contribution is 2.65. The van der Waals surface area contributed by atoms with Crippen LogP contribution in [0, 0.1) is 85.2 Å². The van der Waals surface area contributed by atoms with Gasteiger partial charge in [0, 0.05) is 42.9 Å². The molecule has 19 atom stereocenters. The van der Waals surface area contributed by atoms with Crippen molar-refractivity contribution < 1.29 is 95.3 Å². The molecule has 10 bridgehead atoms. The lowest BCUT2D eigenvalue weighted by atomic mass is 9.76. The smallest absolute Gasteiger partial charge is 0.312 e. The van der Waals surface area contributed by atoms with Gasteiger partial charge in [0.15, 0.2) is 0 Å². The predicted molar refractivity (Wildman–Crippen MR) is 334 cm³/mol. The molecule has 0 aromatic heterocycles. The van der Waals surface area contributed by atoms with Crippen molar-refractivity contribution >= 4 is 59.7 Å². The van der Waals surface area contributed by atoms with Gasteiger partial charge < -0.3 is 47.4 Å². The third kappa shape index (κ3) is 13.8. The van der Waals surface area contributed by atoms with Crippen molar-refractivity contribution in [3.8, 4) is 0 Å². The van der Waals surface area contributed by atoms with Gasteiger partial charge in [-0.1, -0.05) is 48.5 Å². The first-order chi connectivity index (χ1) is 42.5. The highest BCUT2D eigenvalue weighted by molar-refractivity contribution is 5.82. The van der Waals surface area contributed by atoms with Crippen LogP contribution in [0.3, 0.4) is 0 Å². The average molecular weight is 1300 g/mol. The monoisotopic (exact) mass is 1290 g/mol. The second kappa shape index (κ2) is 26.0. The molecule has 92 heavy (non-hydrogen) atoms. The Kier molecular flexibility index (Phi) is 20.5. The molecule has 5 aliphatic heterocycles. The van der Waals surface area contributed by atoms with Crippen LogP contribution in [0.1, 0.15) is 248 Å². The van der Waals surface area contributed by atoms with Crippen molar-refractivity contribution in [1.82, 2.24) is 0 Å². The fourth-order valence-electron chi connectivity index (χ4n) is 15.4. The van der Waals surface area contributed by atoms with Gasteiger partial charge in [-0.15, -0.1) is 0 Å². The zero-order chi connectivity index (χ0) is 68.6. The van der Waals surface area contributed by atoms with Gasteiger partial charge in [0.25, 0.3) is 0 Å². The van der Waals surface area contributed by atoms with Gasteiger partial charge in [-0.3, -0.25) is 47.9 Å². The highest BCUT2D eigenvalue weighted by Gasteiger charge is 2.72. The summed E-state index contributed by atoms with van der Waals surface area (Å²) in [7, 11) is 0. The van der Waals surface area contributed by atoms with E-state index in [-0.39, 0.29) is 167 Å². The first kappa shape index (κ1) is 72.5. The van der Waals surface area contributed by atoms with Gasteiger partial charge in [-0.25, -0.2) is 0 Å². The lowest BCUT2D eigenvalue weighted by molar-refractivity contribution is -0.188. The second-order valence-corrected chi connectivity index (χ2v) is 33.3. The van der Waals surface area contributed by atoms with Gasteiger partial charge in [0.2, 0.25) is 0 Å². The van der Waals surface area contributed by atoms with Crippen molar-refractivity contribution in [2.75, 3.05) is 0 Å². The topological polar surface area (TPSA) is 263 Å². The quantitative estimate of drug-likeness (QED) is 0.109. The number of carbonyl (C=O) groups excluding carboxylic acids is 10. The number of hydrogen-bond acceptors (Lipinski definition) is 20. The third-order valence-electron chi connectivity index (χ3n) is 24.8. The summed E-state index contributed by atoms with van der Waals surface area (Å²) in [6.45, 7) is 38.9. The SMILES string of the molecule is CCC(C)(C)C(=O)OC1(C)C2CC3C(=O)OC1C3C2.CCC(C)(C)C(=O)OC1(C)CCC2CC1OC2=O.CCC(C)(C)C(=O)OC1C2OC(=O)C3CC1C(C)(C)C32.CCC(C)(C)C(=O)OC1CCC2(C)CC1OC2=O.CCC(C)(C)C(=O)OC1CCC2CC1OC2=O. The largest absolute Gasteiger partial charge is 0.458 e. The first-order valence-corrected chi connectivity index (χ1v) is 34.6. The summed E-state index contributed by atoms with van der Waals surface area (Å²) in [5.74, 6) is -0.386. The van der Waals surface area contributed by atoms with Crippen LogP contribution < -0.4 is 0 Å². The first-order valence-electron chi connectivity index (χ1n) is 34.6. The maximum atomic E-state index is 12.3. The lowest BCUT2D eigenvalue weighted by Crippen LogP contribution is -2.49. The van der Waals surface area contributed by atoms with E-state index in [0.717, 1.165) is 83.5 Å². The zero-order valence-corrected chi connectivity index (χ0v) is 58.9. The van der Waals surface area contributed by atoms with E-state index >= 15 is 0 Å². The Bertz CT molecular complexity index is 2860. The Balaban J connectivity index is 0.000000148. The number of fused-ring (bicyclic) bond motifs is 8. The van der Waals surface area contributed by atoms with Gasteiger partial charge in [0.1, 0.15) is 60.0 Å². The summed E-state index contributed by atoms with van der Waals surface area (Å²) in [6, 6.07) is 0. The van der Waals surface area contributed by atoms with E-state index in [1.165, 1.54) is 0 Å². The minimum atomic E-state index is -0.647. The van der Waals surface area contributed by atoms with E-state index in [1.54, 1.807) is 0 Å². The van der Waals surface area contributed by atoms with Crippen LogP contribution in [0.25, 0.3) is 0 Å². The van der Waals surface area contributed by atoms with Crippen molar-refractivity contribution in [2.24, 2.45) is 85.2 Å². The minimum absolute atomic E-state index is 0.0148. The maximum absolute atomic E-state index is 12.3. The highest BCUT2D eigenvalue weighted by atomic mass is 16.6. The van der Waals surface area contributed by atoms with Crippen molar-refractivity contribution in [3.63, 3.8) is 0 Å². The molecule has 5 heterocycles. The average Bonchev–Trinajstić information content (AvgIpc) is 1.54. The molecule has 12 rings (SSSR count). The number of ether oxygens (including phenoxy) is 10. The molecule has 0 spiro atoms. The summed E-state index contributed by atoms with van der Waals surface area (Å²) in [4.78, 5) is 119. The van der Waals surface area contributed by atoms with Crippen molar-refractivity contribution in [3.05, 3.63) is 0 Å². The molecule has 12 aliphatic rings. The molecular formula is C72H110O20. The lowest BCUT2D eigenvalue weighted by Gasteiger charge is -2.38. The van der Waals surface area contributed by atoms with Crippen LogP contribution in [0.15, 0.2) is 0 Å². The molecule has 5 saturated heterocycles. The standard InChI is InChI=1S/C16H24O4.C15H22O4.2C14H22O4.C13H20O4/c1-6-15(2,3)14(18)20-11-9-7-8-10(16(9,4)5)12(11)19-13(8)17;1-5-14(2,3)13(17)19-15(4)8-6-9-10(7-8)12(16)18-11(9)15;1-5-13(2,3)11(15)17-9-6-7-14(4)8-10(9)18-12(14)16;1-5-13(2,3)12(16)18-14(4)7-6-9-8-10(14)17-11(9)15;1-4-13(2,3)12(15)17-9-6-5-8-7-10(9)16-11(8)14/h8-12H,6-7H2,1-5H3;8-11H,5-7H2,1-4H3;2*9-10H,5-8H2,1-4H3;8-10H,4-7H2,1-3H3.